The van der Waals surface area contributed by atoms with E-state index in [-0.39, 0.29) is 11.5 Å². The van der Waals surface area contributed by atoms with Gasteiger partial charge >= 0.3 is 0 Å². The van der Waals surface area contributed by atoms with Crippen LogP contribution in [0.2, 0.25) is 0 Å². The Morgan fingerprint density at radius 2 is 1.91 bits per heavy atom. The number of rotatable bonds is 4. The number of fused-ring (bicyclic) bond motifs is 1. The lowest BCUT2D eigenvalue weighted by Gasteiger charge is -2.36. The van der Waals surface area contributed by atoms with E-state index >= 15 is 0 Å². The first-order valence-corrected chi connectivity index (χ1v) is 12.4. The summed E-state index contributed by atoms with van der Waals surface area (Å²) in [7, 11) is 0. The van der Waals surface area contributed by atoms with Gasteiger partial charge in [-0.2, -0.15) is 0 Å². The number of carbonyl (C=O) groups is 1. The third kappa shape index (κ3) is 4.48. The zero-order valence-corrected chi connectivity index (χ0v) is 20.9. The van der Waals surface area contributed by atoms with Crippen molar-refractivity contribution >= 4 is 51.7 Å². The molecule has 170 valence electrons. The van der Waals surface area contributed by atoms with Crippen molar-refractivity contribution in [2.24, 2.45) is 17.8 Å². The van der Waals surface area contributed by atoms with E-state index in [9.17, 15) is 9.59 Å². The van der Waals surface area contributed by atoms with E-state index in [1.165, 1.54) is 11.8 Å². The molecule has 0 aromatic carbocycles. The van der Waals surface area contributed by atoms with Crippen LogP contribution in [-0.2, 0) is 4.79 Å². The molecular weight excluding hydrogens is 440 g/mol. The molecule has 0 unspecified atom stereocenters. The first kappa shape index (κ1) is 23.0. The van der Waals surface area contributed by atoms with E-state index in [0.717, 1.165) is 25.1 Å². The van der Waals surface area contributed by atoms with Gasteiger partial charge in [-0.3, -0.25) is 18.9 Å². The molecule has 2 aromatic rings. The highest BCUT2D eigenvalue weighted by Crippen LogP contribution is 2.35. The van der Waals surface area contributed by atoms with E-state index in [4.69, 9.17) is 17.2 Å². The SMILES string of the molecule is Cc1ccc2nc(N3C[C@H](C)C[C@@H](C)C3)c(/C=C3\SC(=S)N(CC(C)C)C3=O)c(=O)n2c1. The molecule has 32 heavy (non-hydrogen) atoms. The maximum Gasteiger partial charge on any atom is 0.267 e. The van der Waals surface area contributed by atoms with Crippen molar-refractivity contribution in [2.75, 3.05) is 24.5 Å². The monoisotopic (exact) mass is 470 g/mol. The minimum atomic E-state index is -0.159. The molecule has 0 spiro atoms. The standard InChI is InChI=1S/C24H30N4O2S2/c1-14(2)10-28-23(30)19(32-24(28)31)9-18-21(26-11-16(4)8-17(5)12-26)25-20-7-6-15(3)13-27(20)22(18)29/h6-7,9,13-14,16-17H,8,10-12H2,1-5H3/b19-9-/t16-,17-/m1/s1. The molecule has 0 bridgehead atoms. The van der Waals surface area contributed by atoms with E-state index < -0.39 is 0 Å². The van der Waals surface area contributed by atoms with Crippen LogP contribution in [-0.4, -0.2) is 44.1 Å². The van der Waals surface area contributed by atoms with Crippen molar-refractivity contribution in [2.45, 2.75) is 41.0 Å². The van der Waals surface area contributed by atoms with Gasteiger partial charge in [-0.05, 0) is 48.8 Å². The molecule has 6 nitrogen and oxygen atoms in total. The average Bonchev–Trinajstić information content (AvgIpc) is 2.96. The molecule has 4 heterocycles. The van der Waals surface area contributed by atoms with Crippen molar-refractivity contribution in [1.82, 2.24) is 14.3 Å². The van der Waals surface area contributed by atoms with Gasteiger partial charge in [0.15, 0.2) is 0 Å². The minimum absolute atomic E-state index is 0.131. The van der Waals surface area contributed by atoms with Crippen molar-refractivity contribution in [3.8, 4) is 0 Å². The van der Waals surface area contributed by atoms with Crippen LogP contribution < -0.4 is 10.5 Å². The summed E-state index contributed by atoms with van der Waals surface area (Å²) in [5, 5.41) is 0. The summed E-state index contributed by atoms with van der Waals surface area (Å²) < 4.78 is 2.12. The fourth-order valence-corrected chi connectivity index (χ4v) is 5.86. The topological polar surface area (TPSA) is 57.9 Å². The van der Waals surface area contributed by atoms with Gasteiger partial charge in [-0.1, -0.05) is 57.7 Å². The molecule has 4 rings (SSSR count). The van der Waals surface area contributed by atoms with E-state index in [1.807, 2.05) is 19.1 Å². The lowest BCUT2D eigenvalue weighted by molar-refractivity contribution is -0.122. The van der Waals surface area contributed by atoms with Gasteiger partial charge < -0.3 is 4.90 Å². The Hall–Kier alpha value is -2.19. The molecule has 2 fully saturated rings. The second-order valence-corrected chi connectivity index (χ2v) is 11.3. The number of hydrogen-bond donors (Lipinski definition) is 0. The van der Waals surface area contributed by atoms with Gasteiger partial charge in [0, 0.05) is 25.8 Å². The van der Waals surface area contributed by atoms with Crippen LogP contribution in [0.15, 0.2) is 28.0 Å². The fourth-order valence-electron chi connectivity index (χ4n) is 4.60. The molecular formula is C24H30N4O2S2. The Bertz CT molecular complexity index is 1160. The summed E-state index contributed by atoms with van der Waals surface area (Å²) in [4.78, 5) is 35.9. The molecule has 8 heteroatoms. The van der Waals surface area contributed by atoms with E-state index in [0.29, 0.717) is 50.6 Å². The number of piperidine rings is 1. The summed E-state index contributed by atoms with van der Waals surface area (Å²) in [6.07, 6.45) is 4.67. The van der Waals surface area contributed by atoms with Crippen LogP contribution >= 0.6 is 24.0 Å². The number of thioether (sulfide) groups is 1. The highest BCUT2D eigenvalue weighted by atomic mass is 32.2. The predicted molar refractivity (Wildman–Crippen MR) is 136 cm³/mol. The van der Waals surface area contributed by atoms with Gasteiger partial charge in [0.2, 0.25) is 0 Å². The van der Waals surface area contributed by atoms with Crippen LogP contribution in [0.1, 0.15) is 45.2 Å². The molecule has 1 amide bonds. The number of thiocarbonyl (C=S) groups is 1. The lowest BCUT2D eigenvalue weighted by Crippen LogP contribution is -2.40. The molecule has 0 radical (unpaired) electrons. The first-order chi connectivity index (χ1) is 15.1. The lowest BCUT2D eigenvalue weighted by atomic mass is 9.91. The second kappa shape index (κ2) is 8.98. The van der Waals surface area contributed by atoms with Crippen molar-refractivity contribution in [3.05, 3.63) is 44.7 Å². The number of anilines is 1. The summed E-state index contributed by atoms with van der Waals surface area (Å²) in [5.74, 6) is 1.85. The Labute approximate surface area is 198 Å². The van der Waals surface area contributed by atoms with Gasteiger partial charge in [-0.25, -0.2) is 4.98 Å². The maximum absolute atomic E-state index is 13.6. The quantitative estimate of drug-likeness (QED) is 0.489. The zero-order chi connectivity index (χ0) is 23.2. The van der Waals surface area contributed by atoms with Crippen molar-refractivity contribution in [3.63, 3.8) is 0 Å². The summed E-state index contributed by atoms with van der Waals surface area (Å²) in [6, 6.07) is 3.84. The Kier molecular flexibility index (Phi) is 6.45. The molecule has 0 N–H and O–H groups in total. The Morgan fingerprint density at radius 1 is 1.22 bits per heavy atom. The molecule has 2 atom stereocenters. The van der Waals surface area contributed by atoms with Gasteiger partial charge in [0.1, 0.15) is 15.8 Å². The Balaban J connectivity index is 1.86. The fraction of sp³-hybridized carbons (Fsp3) is 0.500. The predicted octanol–water partition coefficient (Wildman–Crippen LogP) is 4.34. The zero-order valence-electron chi connectivity index (χ0n) is 19.3. The summed E-state index contributed by atoms with van der Waals surface area (Å²) >= 11 is 6.73. The number of pyridine rings is 1. The largest absolute Gasteiger partial charge is 0.355 e. The third-order valence-electron chi connectivity index (χ3n) is 5.85. The van der Waals surface area contributed by atoms with E-state index in [2.05, 4.69) is 32.6 Å². The van der Waals surface area contributed by atoms with Crippen LogP contribution in [0.3, 0.4) is 0 Å². The molecule has 2 aliphatic rings. The maximum atomic E-state index is 13.6. The van der Waals surface area contributed by atoms with Gasteiger partial charge in [0.05, 0.1) is 10.5 Å². The van der Waals surface area contributed by atoms with Gasteiger partial charge in [0.25, 0.3) is 11.5 Å². The highest BCUT2D eigenvalue weighted by Gasteiger charge is 2.33. The number of amides is 1. The summed E-state index contributed by atoms with van der Waals surface area (Å²) in [5.41, 5.74) is 1.89. The van der Waals surface area contributed by atoms with E-state index in [1.54, 1.807) is 21.6 Å². The number of aryl methyl sites for hydroxylation is 1. The molecule has 0 aliphatic carbocycles. The van der Waals surface area contributed by atoms with Crippen molar-refractivity contribution in [1.29, 1.82) is 0 Å². The second-order valence-electron chi connectivity index (χ2n) is 9.63. The normalized spacial score (nSPS) is 23.2. The Morgan fingerprint density at radius 3 is 2.56 bits per heavy atom. The summed E-state index contributed by atoms with van der Waals surface area (Å²) in [6.45, 7) is 12.8. The smallest absolute Gasteiger partial charge is 0.267 e. The number of hydrogen-bond acceptors (Lipinski definition) is 6. The van der Waals surface area contributed by atoms with Gasteiger partial charge in [-0.15, -0.1) is 0 Å². The van der Waals surface area contributed by atoms with Crippen LogP contribution in [0.5, 0.6) is 0 Å². The molecule has 2 saturated heterocycles. The van der Waals surface area contributed by atoms with Crippen molar-refractivity contribution < 1.29 is 4.79 Å². The van der Waals surface area contributed by atoms with Crippen LogP contribution in [0, 0.1) is 24.7 Å². The number of carbonyl (C=O) groups excluding carboxylic acids is 1. The third-order valence-corrected chi connectivity index (χ3v) is 7.23. The first-order valence-electron chi connectivity index (χ1n) is 11.2. The molecule has 2 aromatic heterocycles. The average molecular weight is 471 g/mol. The number of nitrogens with zero attached hydrogens (tertiary/aromatic N) is 4. The minimum Gasteiger partial charge on any atom is -0.355 e. The number of aromatic nitrogens is 2. The molecule has 0 saturated carbocycles. The molecule has 2 aliphatic heterocycles. The van der Waals surface area contributed by atoms with Crippen LogP contribution in [0.4, 0.5) is 5.82 Å². The highest BCUT2D eigenvalue weighted by molar-refractivity contribution is 8.26. The van der Waals surface area contributed by atoms with Crippen LogP contribution in [0.25, 0.3) is 11.7 Å².